The van der Waals surface area contributed by atoms with E-state index in [-0.39, 0.29) is 29.4 Å². The molecule has 0 heterocycles. The van der Waals surface area contributed by atoms with E-state index in [0.717, 1.165) is 5.39 Å². The normalized spacial score (nSPS) is 21.9. The largest absolute Gasteiger partial charge is 0.506 e. The van der Waals surface area contributed by atoms with Crippen LogP contribution < -0.4 is 5.32 Å². The number of aliphatic hydroxyl groups excluding tert-OH is 1. The minimum atomic E-state index is -0.310. The summed E-state index contributed by atoms with van der Waals surface area (Å²) < 4.78 is 0. The summed E-state index contributed by atoms with van der Waals surface area (Å²) in [5.41, 5.74) is 0.278. The van der Waals surface area contributed by atoms with Crippen LogP contribution in [0.3, 0.4) is 0 Å². The Kier molecular flexibility index (Phi) is 2.87. The summed E-state index contributed by atoms with van der Waals surface area (Å²) in [5.74, 6) is -0.282. The van der Waals surface area contributed by atoms with Gasteiger partial charge in [0.1, 0.15) is 5.75 Å². The Hall–Kier alpha value is -2.07. The van der Waals surface area contributed by atoms with Crippen molar-refractivity contribution in [3.63, 3.8) is 0 Å². The van der Waals surface area contributed by atoms with Crippen LogP contribution >= 0.6 is 0 Å². The van der Waals surface area contributed by atoms with E-state index in [0.29, 0.717) is 18.2 Å². The Balaban J connectivity index is 1.88. The molecular formula is C15H15NO3. The SMILES string of the molecule is O=C(NC1CC(O)C1)c1ccc2ccccc2c1O. The lowest BCUT2D eigenvalue weighted by atomic mass is 9.89. The number of amides is 1. The van der Waals surface area contributed by atoms with E-state index in [1.54, 1.807) is 12.1 Å². The number of hydrogen-bond acceptors (Lipinski definition) is 3. The standard InChI is InChI=1S/C15H15NO3/c17-11-7-10(8-11)16-15(19)13-6-5-9-3-1-2-4-12(9)14(13)18/h1-6,10-11,17-18H,7-8H2,(H,16,19). The first kappa shape index (κ1) is 12.0. The summed E-state index contributed by atoms with van der Waals surface area (Å²) in [5, 5.41) is 23.7. The van der Waals surface area contributed by atoms with Gasteiger partial charge in [0.15, 0.2) is 0 Å². The Morgan fingerprint density at radius 2 is 1.89 bits per heavy atom. The molecule has 3 rings (SSSR count). The highest BCUT2D eigenvalue weighted by Crippen LogP contribution is 2.29. The van der Waals surface area contributed by atoms with Crippen LogP contribution in [0.5, 0.6) is 5.75 Å². The van der Waals surface area contributed by atoms with E-state index < -0.39 is 0 Å². The predicted molar refractivity (Wildman–Crippen MR) is 72.1 cm³/mol. The molecule has 0 aromatic heterocycles. The molecule has 98 valence electrons. The van der Waals surface area contributed by atoms with E-state index in [9.17, 15) is 15.0 Å². The van der Waals surface area contributed by atoms with Gasteiger partial charge < -0.3 is 15.5 Å². The zero-order valence-electron chi connectivity index (χ0n) is 10.3. The zero-order valence-corrected chi connectivity index (χ0v) is 10.3. The summed E-state index contributed by atoms with van der Waals surface area (Å²) in [7, 11) is 0. The second-order valence-corrected chi connectivity index (χ2v) is 4.98. The highest BCUT2D eigenvalue weighted by molar-refractivity contribution is 6.03. The van der Waals surface area contributed by atoms with Gasteiger partial charge in [-0.05, 0) is 24.3 Å². The maximum Gasteiger partial charge on any atom is 0.255 e. The van der Waals surface area contributed by atoms with Gasteiger partial charge in [0.05, 0.1) is 11.7 Å². The van der Waals surface area contributed by atoms with E-state index in [2.05, 4.69) is 5.32 Å². The van der Waals surface area contributed by atoms with Crippen LogP contribution in [-0.2, 0) is 0 Å². The van der Waals surface area contributed by atoms with Gasteiger partial charge in [-0.15, -0.1) is 0 Å². The molecule has 0 unspecified atom stereocenters. The van der Waals surface area contributed by atoms with Gasteiger partial charge in [0, 0.05) is 11.4 Å². The van der Waals surface area contributed by atoms with Crippen molar-refractivity contribution in [2.45, 2.75) is 25.0 Å². The van der Waals surface area contributed by atoms with Crippen LogP contribution in [-0.4, -0.2) is 28.3 Å². The first-order valence-electron chi connectivity index (χ1n) is 6.35. The summed E-state index contributed by atoms with van der Waals surface area (Å²) in [6.45, 7) is 0. The lowest BCUT2D eigenvalue weighted by Gasteiger charge is -2.32. The van der Waals surface area contributed by atoms with Gasteiger partial charge in [-0.2, -0.15) is 0 Å². The number of hydrogen-bond donors (Lipinski definition) is 3. The molecule has 0 saturated heterocycles. The fourth-order valence-electron chi connectivity index (χ4n) is 2.41. The van der Waals surface area contributed by atoms with Crippen LogP contribution in [0.2, 0.25) is 0 Å². The molecule has 2 aromatic carbocycles. The Labute approximate surface area is 110 Å². The number of rotatable bonds is 2. The molecule has 0 radical (unpaired) electrons. The topological polar surface area (TPSA) is 69.6 Å². The van der Waals surface area contributed by atoms with Crippen LogP contribution in [0.15, 0.2) is 36.4 Å². The van der Waals surface area contributed by atoms with Crippen molar-refractivity contribution in [2.24, 2.45) is 0 Å². The molecular weight excluding hydrogens is 242 g/mol. The van der Waals surface area contributed by atoms with Crippen molar-refractivity contribution in [1.29, 1.82) is 0 Å². The first-order chi connectivity index (χ1) is 9.15. The number of benzene rings is 2. The molecule has 1 amide bonds. The second-order valence-electron chi connectivity index (χ2n) is 4.98. The van der Waals surface area contributed by atoms with Gasteiger partial charge in [-0.25, -0.2) is 0 Å². The van der Waals surface area contributed by atoms with Crippen molar-refractivity contribution >= 4 is 16.7 Å². The molecule has 1 fully saturated rings. The number of nitrogens with one attached hydrogen (secondary N) is 1. The Bertz CT molecular complexity index is 632. The summed E-state index contributed by atoms with van der Waals surface area (Å²) >= 11 is 0. The molecule has 19 heavy (non-hydrogen) atoms. The average molecular weight is 257 g/mol. The average Bonchev–Trinajstić information content (AvgIpc) is 2.37. The molecule has 1 aliphatic carbocycles. The molecule has 4 heteroatoms. The Morgan fingerprint density at radius 1 is 1.16 bits per heavy atom. The molecule has 0 aliphatic heterocycles. The van der Waals surface area contributed by atoms with E-state index in [4.69, 9.17) is 0 Å². The fourth-order valence-corrected chi connectivity index (χ4v) is 2.41. The molecule has 3 N–H and O–H groups in total. The third-order valence-corrected chi connectivity index (χ3v) is 3.59. The summed E-state index contributed by atoms with van der Waals surface area (Å²) in [6.07, 6.45) is 0.857. The van der Waals surface area contributed by atoms with Crippen LogP contribution in [0, 0.1) is 0 Å². The van der Waals surface area contributed by atoms with Crippen LogP contribution in [0.4, 0.5) is 0 Å². The summed E-state index contributed by atoms with van der Waals surface area (Å²) in [6, 6.07) is 10.8. The van der Waals surface area contributed by atoms with Crippen molar-refractivity contribution in [3.8, 4) is 5.75 Å². The Morgan fingerprint density at radius 3 is 2.63 bits per heavy atom. The molecule has 4 nitrogen and oxygen atoms in total. The monoisotopic (exact) mass is 257 g/mol. The maximum absolute atomic E-state index is 12.1. The number of carbonyl (C=O) groups excluding carboxylic acids is 1. The lowest BCUT2D eigenvalue weighted by Crippen LogP contribution is -2.46. The van der Waals surface area contributed by atoms with Gasteiger partial charge in [-0.3, -0.25) is 4.79 Å². The van der Waals surface area contributed by atoms with Gasteiger partial charge in [0.25, 0.3) is 5.91 Å². The molecule has 0 atom stereocenters. The maximum atomic E-state index is 12.1. The van der Waals surface area contributed by atoms with E-state index in [1.807, 2.05) is 24.3 Å². The number of carbonyl (C=O) groups is 1. The summed E-state index contributed by atoms with van der Waals surface area (Å²) in [4.78, 5) is 12.1. The van der Waals surface area contributed by atoms with Gasteiger partial charge in [0.2, 0.25) is 0 Å². The highest BCUT2D eigenvalue weighted by Gasteiger charge is 2.29. The minimum Gasteiger partial charge on any atom is -0.506 e. The third kappa shape index (κ3) is 2.15. The predicted octanol–water partition coefficient (Wildman–Crippen LogP) is 1.80. The van der Waals surface area contributed by atoms with E-state index >= 15 is 0 Å². The third-order valence-electron chi connectivity index (χ3n) is 3.59. The fraction of sp³-hybridized carbons (Fsp3) is 0.267. The number of aromatic hydroxyl groups is 1. The van der Waals surface area contributed by atoms with Crippen molar-refractivity contribution < 1.29 is 15.0 Å². The second kappa shape index (κ2) is 4.55. The molecule has 1 aliphatic rings. The zero-order chi connectivity index (χ0) is 13.4. The van der Waals surface area contributed by atoms with Crippen LogP contribution in [0.1, 0.15) is 23.2 Å². The molecule has 1 saturated carbocycles. The molecule has 0 spiro atoms. The van der Waals surface area contributed by atoms with Crippen LogP contribution in [0.25, 0.3) is 10.8 Å². The number of aliphatic hydroxyl groups is 1. The van der Waals surface area contributed by atoms with Crippen molar-refractivity contribution in [3.05, 3.63) is 42.0 Å². The minimum absolute atomic E-state index is 0.00775. The molecule has 0 bridgehead atoms. The van der Waals surface area contributed by atoms with Gasteiger partial charge >= 0.3 is 0 Å². The highest BCUT2D eigenvalue weighted by atomic mass is 16.3. The smallest absolute Gasteiger partial charge is 0.255 e. The lowest BCUT2D eigenvalue weighted by molar-refractivity contribution is 0.0562. The quantitative estimate of drug-likeness (QED) is 0.768. The first-order valence-corrected chi connectivity index (χ1v) is 6.35. The molecule has 2 aromatic rings. The number of phenolic OH excluding ortho intramolecular Hbond substituents is 1. The number of fused-ring (bicyclic) bond motifs is 1. The van der Waals surface area contributed by atoms with Crippen molar-refractivity contribution in [2.75, 3.05) is 0 Å². The van der Waals surface area contributed by atoms with E-state index in [1.165, 1.54) is 0 Å². The number of phenols is 1. The van der Waals surface area contributed by atoms with Crippen molar-refractivity contribution in [1.82, 2.24) is 5.32 Å². The van der Waals surface area contributed by atoms with Gasteiger partial charge in [-0.1, -0.05) is 30.3 Å².